The van der Waals surface area contributed by atoms with Crippen molar-refractivity contribution in [2.24, 2.45) is 0 Å². The Kier molecular flexibility index (Phi) is 4.74. The van der Waals surface area contributed by atoms with E-state index < -0.39 is 6.09 Å². The highest BCUT2D eigenvalue weighted by atomic mass is 32.1. The van der Waals surface area contributed by atoms with Crippen molar-refractivity contribution in [2.45, 2.75) is 13.3 Å². The highest BCUT2D eigenvalue weighted by Gasteiger charge is 2.07. The lowest BCUT2D eigenvalue weighted by Gasteiger charge is -2.09. The monoisotopic (exact) mass is 302 g/mol. The first kappa shape index (κ1) is 14.8. The molecule has 0 aliphatic heterocycles. The lowest BCUT2D eigenvalue weighted by atomic mass is 10.1. The molecule has 0 saturated carbocycles. The highest BCUT2D eigenvalue weighted by Crippen LogP contribution is 2.22. The molecule has 6 nitrogen and oxygen atoms in total. The summed E-state index contributed by atoms with van der Waals surface area (Å²) in [6.07, 6.45) is 1.55. The third-order valence-corrected chi connectivity index (χ3v) is 2.99. The standard InChI is InChI=1S/C14H14N4O2S/c1-2-20-14(19)18-13(21)17-10-3-4-12-11(7-10)9(5-6-15)8-16-12/h3-4,7-8,16H,2,5H2,1H3,(H2,17,18,19,21). The van der Waals surface area contributed by atoms with Gasteiger partial charge in [0, 0.05) is 22.8 Å². The summed E-state index contributed by atoms with van der Waals surface area (Å²) >= 11 is 5.03. The minimum atomic E-state index is -0.595. The van der Waals surface area contributed by atoms with Crippen molar-refractivity contribution in [1.82, 2.24) is 10.3 Å². The number of anilines is 1. The van der Waals surface area contributed by atoms with Crippen LogP contribution in [0, 0.1) is 11.3 Å². The number of nitriles is 1. The third kappa shape index (κ3) is 3.70. The van der Waals surface area contributed by atoms with Crippen molar-refractivity contribution in [2.75, 3.05) is 11.9 Å². The van der Waals surface area contributed by atoms with Gasteiger partial charge in [0.1, 0.15) is 0 Å². The molecule has 21 heavy (non-hydrogen) atoms. The largest absolute Gasteiger partial charge is 0.450 e. The maximum Gasteiger partial charge on any atom is 0.413 e. The van der Waals surface area contributed by atoms with Gasteiger partial charge in [0.15, 0.2) is 5.11 Å². The number of alkyl carbamates (subject to hydrolysis) is 1. The number of ether oxygens (including phenoxy) is 1. The van der Waals surface area contributed by atoms with Gasteiger partial charge < -0.3 is 15.0 Å². The highest BCUT2D eigenvalue weighted by molar-refractivity contribution is 7.80. The van der Waals surface area contributed by atoms with E-state index in [9.17, 15) is 4.79 Å². The van der Waals surface area contributed by atoms with Crippen LogP contribution in [0.2, 0.25) is 0 Å². The summed E-state index contributed by atoms with van der Waals surface area (Å²) < 4.78 is 4.74. The number of nitrogens with zero attached hydrogens (tertiary/aromatic N) is 1. The van der Waals surface area contributed by atoms with Crippen molar-refractivity contribution in [3.8, 4) is 6.07 Å². The molecule has 0 aliphatic carbocycles. The quantitative estimate of drug-likeness (QED) is 0.758. The van der Waals surface area contributed by atoms with Crippen LogP contribution >= 0.6 is 12.2 Å². The molecule has 1 heterocycles. The van der Waals surface area contributed by atoms with Crippen LogP contribution in [0.1, 0.15) is 12.5 Å². The number of benzene rings is 1. The number of carbonyl (C=O) groups is 1. The fourth-order valence-corrected chi connectivity index (χ4v) is 2.11. The number of aromatic nitrogens is 1. The van der Waals surface area contributed by atoms with E-state index in [0.717, 1.165) is 22.2 Å². The molecule has 0 spiro atoms. The van der Waals surface area contributed by atoms with Crippen LogP contribution in [0.5, 0.6) is 0 Å². The van der Waals surface area contributed by atoms with E-state index in [1.165, 1.54) is 0 Å². The number of thiocarbonyl (C=S) groups is 1. The van der Waals surface area contributed by atoms with Gasteiger partial charge in [-0.2, -0.15) is 5.26 Å². The molecule has 7 heteroatoms. The van der Waals surface area contributed by atoms with Crippen LogP contribution < -0.4 is 10.6 Å². The summed E-state index contributed by atoms with van der Waals surface area (Å²) in [7, 11) is 0. The van der Waals surface area contributed by atoms with Crippen molar-refractivity contribution < 1.29 is 9.53 Å². The molecule has 0 unspecified atom stereocenters. The number of amides is 1. The second kappa shape index (κ2) is 6.72. The first-order valence-corrected chi connectivity index (χ1v) is 6.76. The van der Waals surface area contributed by atoms with Gasteiger partial charge in [-0.25, -0.2) is 4.79 Å². The van der Waals surface area contributed by atoms with Gasteiger partial charge in [-0.15, -0.1) is 0 Å². The van der Waals surface area contributed by atoms with Crippen molar-refractivity contribution >= 4 is 40.0 Å². The number of hydrogen-bond donors (Lipinski definition) is 3. The number of H-pyrrole nitrogens is 1. The number of aromatic amines is 1. The minimum absolute atomic E-state index is 0.158. The molecule has 2 rings (SSSR count). The summed E-state index contributed by atoms with van der Waals surface area (Å²) in [4.78, 5) is 14.4. The Bertz CT molecular complexity index is 717. The number of rotatable bonds is 3. The Labute approximate surface area is 127 Å². The lowest BCUT2D eigenvalue weighted by Crippen LogP contribution is -2.34. The van der Waals surface area contributed by atoms with Crippen molar-refractivity contribution in [3.63, 3.8) is 0 Å². The zero-order chi connectivity index (χ0) is 15.2. The fraction of sp³-hybridized carbons (Fsp3) is 0.214. The first-order valence-electron chi connectivity index (χ1n) is 6.35. The molecule has 0 atom stereocenters. The Morgan fingerprint density at radius 2 is 2.33 bits per heavy atom. The molecule has 0 saturated heterocycles. The molecule has 0 aliphatic rings. The smallest absolute Gasteiger partial charge is 0.413 e. The van der Waals surface area contributed by atoms with E-state index in [4.69, 9.17) is 22.2 Å². The molecule has 3 N–H and O–H groups in total. The number of hydrogen-bond acceptors (Lipinski definition) is 4. The second-order valence-electron chi connectivity index (χ2n) is 4.21. The van der Waals surface area contributed by atoms with E-state index in [2.05, 4.69) is 21.7 Å². The summed E-state index contributed by atoms with van der Waals surface area (Å²) in [6, 6.07) is 7.70. The maximum atomic E-state index is 11.3. The summed E-state index contributed by atoms with van der Waals surface area (Å²) in [5.74, 6) is 0. The van der Waals surface area contributed by atoms with E-state index in [1.54, 1.807) is 6.92 Å². The summed E-state index contributed by atoms with van der Waals surface area (Å²) in [5.41, 5.74) is 2.58. The zero-order valence-corrected chi connectivity index (χ0v) is 12.2. The Morgan fingerprint density at radius 3 is 3.05 bits per heavy atom. The minimum Gasteiger partial charge on any atom is -0.450 e. The summed E-state index contributed by atoms with van der Waals surface area (Å²) in [6.45, 7) is 1.99. The maximum absolute atomic E-state index is 11.3. The topological polar surface area (TPSA) is 89.9 Å². The molecular weight excluding hydrogens is 288 g/mol. The van der Waals surface area contributed by atoms with E-state index in [1.807, 2.05) is 24.4 Å². The molecule has 0 radical (unpaired) electrons. The number of fused-ring (bicyclic) bond motifs is 1. The summed E-state index contributed by atoms with van der Waals surface area (Å²) in [5, 5.41) is 15.2. The third-order valence-electron chi connectivity index (χ3n) is 2.79. The lowest BCUT2D eigenvalue weighted by molar-refractivity contribution is 0.158. The normalized spacial score (nSPS) is 9.90. The van der Waals surface area contributed by atoms with E-state index >= 15 is 0 Å². The number of carbonyl (C=O) groups excluding carboxylic acids is 1. The molecule has 108 valence electrons. The predicted octanol–water partition coefficient (Wildman–Crippen LogP) is 2.68. The Balaban J connectivity index is 2.12. The van der Waals surface area contributed by atoms with Crippen LogP contribution in [0.4, 0.5) is 10.5 Å². The van der Waals surface area contributed by atoms with Crippen LogP contribution in [-0.2, 0) is 11.2 Å². The SMILES string of the molecule is CCOC(=O)NC(=S)Nc1ccc2[nH]cc(CC#N)c2c1. The predicted molar refractivity (Wildman–Crippen MR) is 84.0 cm³/mol. The van der Waals surface area contributed by atoms with Crippen molar-refractivity contribution in [3.05, 3.63) is 30.0 Å². The average Bonchev–Trinajstić information content (AvgIpc) is 2.82. The number of nitrogens with one attached hydrogen (secondary N) is 3. The molecule has 0 bridgehead atoms. The van der Waals surface area contributed by atoms with E-state index in [-0.39, 0.29) is 11.7 Å². The van der Waals surface area contributed by atoms with Crippen LogP contribution in [0.15, 0.2) is 24.4 Å². The molecule has 1 aromatic heterocycles. The fourth-order valence-electron chi connectivity index (χ4n) is 1.91. The van der Waals surface area contributed by atoms with Crippen molar-refractivity contribution in [1.29, 1.82) is 5.26 Å². The second-order valence-corrected chi connectivity index (χ2v) is 4.62. The van der Waals surface area contributed by atoms with Crippen LogP contribution in [-0.4, -0.2) is 22.8 Å². The molecule has 1 aromatic carbocycles. The van der Waals surface area contributed by atoms with Gasteiger partial charge in [-0.3, -0.25) is 5.32 Å². The van der Waals surface area contributed by atoms with Gasteiger partial charge in [-0.1, -0.05) is 0 Å². The molecule has 0 fully saturated rings. The molecular formula is C14H14N4O2S. The van der Waals surface area contributed by atoms with Gasteiger partial charge in [0.2, 0.25) is 0 Å². The zero-order valence-electron chi connectivity index (χ0n) is 11.4. The van der Waals surface area contributed by atoms with Crippen LogP contribution in [0.25, 0.3) is 10.9 Å². The van der Waals surface area contributed by atoms with Gasteiger partial charge >= 0.3 is 6.09 Å². The molecule has 1 amide bonds. The van der Waals surface area contributed by atoms with Gasteiger partial charge in [-0.05, 0) is 42.9 Å². The van der Waals surface area contributed by atoms with Crippen LogP contribution in [0.3, 0.4) is 0 Å². The van der Waals surface area contributed by atoms with Gasteiger partial charge in [0.05, 0.1) is 19.1 Å². The van der Waals surface area contributed by atoms with Gasteiger partial charge in [0.25, 0.3) is 0 Å². The Morgan fingerprint density at radius 1 is 1.52 bits per heavy atom. The molecule has 2 aromatic rings. The average molecular weight is 302 g/mol. The Hall–Kier alpha value is -2.59. The first-order chi connectivity index (χ1) is 10.1. The van der Waals surface area contributed by atoms with E-state index in [0.29, 0.717) is 6.42 Å².